The number of phenolic OH excluding ortho intramolecular Hbond substituents is 1. The van der Waals surface area contributed by atoms with Crippen LogP contribution in [0.3, 0.4) is 0 Å². The Labute approximate surface area is 117 Å². The quantitative estimate of drug-likeness (QED) is 0.842. The summed E-state index contributed by atoms with van der Waals surface area (Å²) in [6, 6.07) is 11.8. The smallest absolute Gasteiger partial charge is 0.196 e. The summed E-state index contributed by atoms with van der Waals surface area (Å²) in [5.74, 6) is 0.110. The first-order valence-electron chi connectivity index (χ1n) is 6.12. The molecule has 0 spiro atoms. The molecule has 2 nitrogen and oxygen atoms in total. The van der Waals surface area contributed by atoms with Crippen LogP contribution in [-0.2, 0) is 0 Å². The van der Waals surface area contributed by atoms with Crippen molar-refractivity contribution in [2.45, 2.75) is 19.8 Å². The highest BCUT2D eigenvalue weighted by Gasteiger charge is 2.15. The third kappa shape index (κ3) is 2.96. The Kier molecular flexibility index (Phi) is 3.91. The molecule has 0 atom stereocenters. The summed E-state index contributed by atoms with van der Waals surface area (Å²) < 4.78 is 0. The molecule has 19 heavy (non-hydrogen) atoms. The van der Waals surface area contributed by atoms with E-state index in [-0.39, 0.29) is 11.5 Å². The highest BCUT2D eigenvalue weighted by molar-refractivity contribution is 6.30. The molecule has 0 aromatic heterocycles. The lowest BCUT2D eigenvalue weighted by molar-refractivity contribution is 0.103. The van der Waals surface area contributed by atoms with Crippen molar-refractivity contribution in [2.75, 3.05) is 0 Å². The SMILES string of the molecule is CC(C)c1ccc(O)c(C(=O)c2ccc(Cl)cc2)c1. The second kappa shape index (κ2) is 5.45. The van der Waals surface area contributed by atoms with E-state index < -0.39 is 0 Å². The van der Waals surface area contributed by atoms with Crippen LogP contribution in [0.25, 0.3) is 0 Å². The van der Waals surface area contributed by atoms with Crippen LogP contribution in [0.1, 0.15) is 41.3 Å². The number of rotatable bonds is 3. The number of hydrogen-bond donors (Lipinski definition) is 1. The number of carbonyl (C=O) groups is 1. The van der Waals surface area contributed by atoms with Crippen LogP contribution in [0.5, 0.6) is 5.75 Å². The standard InChI is InChI=1S/C16H15ClO2/c1-10(2)12-5-8-15(18)14(9-12)16(19)11-3-6-13(17)7-4-11/h3-10,18H,1-2H3. The van der Waals surface area contributed by atoms with Crippen molar-refractivity contribution in [3.8, 4) is 5.75 Å². The molecular formula is C16H15ClO2. The maximum absolute atomic E-state index is 12.4. The van der Waals surface area contributed by atoms with Gasteiger partial charge in [-0.2, -0.15) is 0 Å². The van der Waals surface area contributed by atoms with Gasteiger partial charge < -0.3 is 5.11 Å². The summed E-state index contributed by atoms with van der Waals surface area (Å²) in [4.78, 5) is 12.4. The molecule has 0 aliphatic carbocycles. The minimum absolute atomic E-state index is 0.00403. The molecule has 0 bridgehead atoms. The number of carbonyl (C=O) groups excluding carboxylic acids is 1. The predicted octanol–water partition coefficient (Wildman–Crippen LogP) is 4.40. The zero-order valence-corrected chi connectivity index (χ0v) is 11.6. The molecule has 0 aliphatic heterocycles. The number of phenols is 1. The van der Waals surface area contributed by atoms with E-state index in [2.05, 4.69) is 0 Å². The fourth-order valence-electron chi connectivity index (χ4n) is 1.85. The molecule has 0 amide bonds. The van der Waals surface area contributed by atoms with Crippen LogP contribution in [0.2, 0.25) is 5.02 Å². The van der Waals surface area contributed by atoms with E-state index in [1.54, 1.807) is 36.4 Å². The first kappa shape index (κ1) is 13.6. The molecule has 0 saturated heterocycles. The van der Waals surface area contributed by atoms with Gasteiger partial charge in [0.25, 0.3) is 0 Å². The van der Waals surface area contributed by atoms with E-state index >= 15 is 0 Å². The Morgan fingerprint density at radius 1 is 1.11 bits per heavy atom. The summed E-state index contributed by atoms with van der Waals surface area (Å²) in [5, 5.41) is 10.4. The molecule has 0 aliphatic rings. The number of hydrogen-bond acceptors (Lipinski definition) is 2. The summed E-state index contributed by atoms with van der Waals surface area (Å²) in [6.07, 6.45) is 0. The summed E-state index contributed by atoms with van der Waals surface area (Å²) in [7, 11) is 0. The molecule has 0 radical (unpaired) electrons. The molecule has 2 aromatic rings. The van der Waals surface area contributed by atoms with Gasteiger partial charge in [-0.3, -0.25) is 4.79 Å². The van der Waals surface area contributed by atoms with Crippen LogP contribution >= 0.6 is 11.6 Å². The molecule has 2 aromatic carbocycles. The van der Waals surface area contributed by atoms with Gasteiger partial charge >= 0.3 is 0 Å². The van der Waals surface area contributed by atoms with E-state index in [0.717, 1.165) is 5.56 Å². The fraction of sp³-hybridized carbons (Fsp3) is 0.188. The minimum Gasteiger partial charge on any atom is -0.507 e. The molecular weight excluding hydrogens is 260 g/mol. The van der Waals surface area contributed by atoms with Gasteiger partial charge in [0.2, 0.25) is 0 Å². The van der Waals surface area contributed by atoms with Gasteiger partial charge in [0, 0.05) is 10.6 Å². The molecule has 98 valence electrons. The zero-order chi connectivity index (χ0) is 14.0. The third-order valence-electron chi connectivity index (χ3n) is 3.04. The van der Waals surface area contributed by atoms with E-state index in [1.165, 1.54) is 0 Å². The van der Waals surface area contributed by atoms with E-state index in [4.69, 9.17) is 11.6 Å². The van der Waals surface area contributed by atoms with Crippen LogP contribution in [0.4, 0.5) is 0 Å². The Balaban J connectivity index is 2.43. The van der Waals surface area contributed by atoms with Crippen LogP contribution < -0.4 is 0 Å². The second-order valence-electron chi connectivity index (χ2n) is 4.77. The second-order valence-corrected chi connectivity index (χ2v) is 5.20. The minimum atomic E-state index is -0.198. The van der Waals surface area contributed by atoms with Crippen molar-refractivity contribution in [1.29, 1.82) is 0 Å². The number of benzene rings is 2. The maximum Gasteiger partial charge on any atom is 0.196 e. The van der Waals surface area contributed by atoms with Crippen LogP contribution in [0.15, 0.2) is 42.5 Å². The molecule has 0 saturated carbocycles. The number of ketones is 1. The van der Waals surface area contributed by atoms with Crippen molar-refractivity contribution in [3.63, 3.8) is 0 Å². The van der Waals surface area contributed by atoms with Gasteiger partial charge in [-0.25, -0.2) is 0 Å². The maximum atomic E-state index is 12.4. The van der Waals surface area contributed by atoms with Crippen LogP contribution in [-0.4, -0.2) is 10.9 Å². The average Bonchev–Trinajstić information content (AvgIpc) is 2.39. The number of aromatic hydroxyl groups is 1. The molecule has 2 rings (SSSR count). The Morgan fingerprint density at radius 3 is 2.32 bits per heavy atom. The van der Waals surface area contributed by atoms with Crippen molar-refractivity contribution in [2.24, 2.45) is 0 Å². The lowest BCUT2D eigenvalue weighted by Crippen LogP contribution is -2.03. The van der Waals surface area contributed by atoms with Crippen molar-refractivity contribution in [3.05, 3.63) is 64.2 Å². The van der Waals surface area contributed by atoms with Gasteiger partial charge in [-0.1, -0.05) is 31.5 Å². The fourth-order valence-corrected chi connectivity index (χ4v) is 1.98. The lowest BCUT2D eigenvalue weighted by Gasteiger charge is -2.09. The molecule has 0 unspecified atom stereocenters. The molecule has 1 N–H and O–H groups in total. The first-order chi connectivity index (χ1) is 8.99. The van der Waals surface area contributed by atoms with Crippen LogP contribution in [0, 0.1) is 0 Å². The van der Waals surface area contributed by atoms with Crippen molar-refractivity contribution in [1.82, 2.24) is 0 Å². The Morgan fingerprint density at radius 2 is 1.74 bits per heavy atom. The third-order valence-corrected chi connectivity index (χ3v) is 3.29. The Bertz CT molecular complexity index is 601. The van der Waals surface area contributed by atoms with Gasteiger partial charge in [-0.05, 0) is 47.9 Å². The lowest BCUT2D eigenvalue weighted by atomic mass is 9.96. The van der Waals surface area contributed by atoms with E-state index in [1.807, 2.05) is 19.9 Å². The van der Waals surface area contributed by atoms with E-state index in [0.29, 0.717) is 22.1 Å². The average molecular weight is 275 g/mol. The highest BCUT2D eigenvalue weighted by atomic mass is 35.5. The summed E-state index contributed by atoms with van der Waals surface area (Å²) in [6.45, 7) is 4.09. The van der Waals surface area contributed by atoms with Gasteiger partial charge in [0.15, 0.2) is 5.78 Å². The monoisotopic (exact) mass is 274 g/mol. The largest absolute Gasteiger partial charge is 0.507 e. The normalized spacial score (nSPS) is 10.7. The predicted molar refractivity (Wildman–Crippen MR) is 77.1 cm³/mol. The summed E-state index contributed by atoms with van der Waals surface area (Å²) >= 11 is 5.80. The number of halogens is 1. The zero-order valence-electron chi connectivity index (χ0n) is 10.9. The van der Waals surface area contributed by atoms with E-state index in [9.17, 15) is 9.90 Å². The molecule has 0 fully saturated rings. The molecule has 3 heteroatoms. The topological polar surface area (TPSA) is 37.3 Å². The van der Waals surface area contributed by atoms with Gasteiger partial charge in [-0.15, -0.1) is 0 Å². The summed E-state index contributed by atoms with van der Waals surface area (Å²) in [5.41, 5.74) is 1.87. The first-order valence-corrected chi connectivity index (χ1v) is 6.50. The van der Waals surface area contributed by atoms with Crippen molar-refractivity contribution >= 4 is 17.4 Å². The van der Waals surface area contributed by atoms with Crippen molar-refractivity contribution < 1.29 is 9.90 Å². The highest BCUT2D eigenvalue weighted by Crippen LogP contribution is 2.25. The van der Waals surface area contributed by atoms with Gasteiger partial charge in [0.05, 0.1) is 5.56 Å². The Hall–Kier alpha value is -1.80. The molecule has 0 heterocycles. The van der Waals surface area contributed by atoms with Gasteiger partial charge in [0.1, 0.15) is 5.75 Å².